The van der Waals surface area contributed by atoms with Gasteiger partial charge in [-0.15, -0.1) is 0 Å². The zero-order chi connectivity index (χ0) is 17.0. The Morgan fingerprint density at radius 2 is 1.88 bits per heavy atom. The van der Waals surface area contributed by atoms with Crippen molar-refractivity contribution in [2.75, 3.05) is 6.61 Å². The van der Waals surface area contributed by atoms with E-state index in [2.05, 4.69) is 0 Å². The average molecular weight is 334 g/mol. The van der Waals surface area contributed by atoms with Gasteiger partial charge in [-0.25, -0.2) is 0 Å². The van der Waals surface area contributed by atoms with Crippen LogP contribution in [-0.2, 0) is 9.53 Å². The fourth-order valence-electron chi connectivity index (χ4n) is 8.45. The van der Waals surface area contributed by atoms with Crippen molar-refractivity contribution in [1.82, 2.24) is 0 Å². The molecule has 0 radical (unpaired) electrons. The van der Waals surface area contributed by atoms with Gasteiger partial charge < -0.3 is 14.9 Å². The van der Waals surface area contributed by atoms with Gasteiger partial charge in [0.1, 0.15) is 0 Å². The monoisotopic (exact) mass is 334 g/mol. The second kappa shape index (κ2) is 4.37. The molecule has 0 amide bonds. The highest BCUT2D eigenvalue weighted by Gasteiger charge is 2.72. The molecule has 1 saturated heterocycles. The number of carbonyl (C=O) groups excluding carboxylic acids is 1. The maximum Gasteiger partial charge on any atom is 0.312 e. The minimum Gasteiger partial charge on any atom is -0.465 e. The van der Waals surface area contributed by atoms with E-state index in [4.69, 9.17) is 4.74 Å². The summed E-state index contributed by atoms with van der Waals surface area (Å²) in [6.45, 7) is 4.55. The van der Waals surface area contributed by atoms with Crippen molar-refractivity contribution in [2.24, 2.45) is 34.0 Å². The van der Waals surface area contributed by atoms with Gasteiger partial charge in [-0.05, 0) is 88.4 Å². The van der Waals surface area contributed by atoms with Gasteiger partial charge in [-0.2, -0.15) is 0 Å². The molecule has 4 nitrogen and oxygen atoms in total. The Hall–Kier alpha value is -0.610. The number of ether oxygens (including phenoxy) is 1. The molecule has 4 bridgehead atoms. The lowest BCUT2D eigenvalue weighted by Crippen LogP contribution is -2.66. The Labute approximate surface area is 144 Å². The number of carbonyl (C=O) groups is 1. The lowest BCUT2D eigenvalue weighted by atomic mass is 9.39. The van der Waals surface area contributed by atoms with Gasteiger partial charge in [0.25, 0.3) is 0 Å². The molecule has 4 aliphatic carbocycles. The van der Waals surface area contributed by atoms with Crippen LogP contribution in [0.25, 0.3) is 0 Å². The molecule has 2 N–H and O–H groups in total. The lowest BCUT2D eigenvalue weighted by Gasteiger charge is -2.66. The van der Waals surface area contributed by atoms with Crippen LogP contribution in [-0.4, -0.2) is 34.5 Å². The second-order valence-electron chi connectivity index (χ2n) is 10.3. The van der Waals surface area contributed by atoms with E-state index in [9.17, 15) is 15.0 Å². The van der Waals surface area contributed by atoms with Crippen molar-refractivity contribution >= 4 is 5.97 Å². The number of aliphatic hydroxyl groups is 2. The van der Waals surface area contributed by atoms with E-state index < -0.39 is 17.1 Å². The molecule has 134 valence electrons. The summed E-state index contributed by atoms with van der Waals surface area (Å²) in [6, 6.07) is 0. The van der Waals surface area contributed by atoms with Gasteiger partial charge in [0.05, 0.1) is 23.7 Å². The van der Waals surface area contributed by atoms with Crippen LogP contribution in [0.15, 0.2) is 0 Å². The number of rotatable bonds is 0. The van der Waals surface area contributed by atoms with Crippen molar-refractivity contribution in [3.8, 4) is 0 Å². The molecule has 1 spiro atoms. The minimum absolute atomic E-state index is 0.0655. The first kappa shape index (κ1) is 15.6. The van der Waals surface area contributed by atoms with E-state index in [1.165, 1.54) is 0 Å². The predicted molar refractivity (Wildman–Crippen MR) is 88.0 cm³/mol. The molecule has 0 unspecified atom stereocenters. The van der Waals surface area contributed by atoms with Crippen molar-refractivity contribution in [2.45, 2.75) is 76.9 Å². The van der Waals surface area contributed by atoms with Gasteiger partial charge in [-0.3, -0.25) is 4.79 Å². The zero-order valence-corrected chi connectivity index (χ0v) is 14.9. The number of fused-ring (bicyclic) bond motifs is 1. The maximum absolute atomic E-state index is 12.6. The van der Waals surface area contributed by atoms with Crippen LogP contribution in [0.5, 0.6) is 0 Å². The standard InChI is InChI=1S/C20H30O4/c1-17-8-13(21)9-20(11-24-16(17)22)14(17)5-6-19-7-12(3-4-15(19)20)18(2,23)10-19/h12-15,21,23H,3-11H2,1-2H3/t12-,13+,14-,15-,17+,18-,19+,20+/m1/s1. The average Bonchev–Trinajstić information content (AvgIpc) is 2.67. The van der Waals surface area contributed by atoms with Crippen LogP contribution in [0, 0.1) is 34.0 Å². The minimum atomic E-state index is -0.542. The first-order valence-corrected chi connectivity index (χ1v) is 9.80. The summed E-state index contributed by atoms with van der Waals surface area (Å²) in [7, 11) is 0. The molecule has 1 aliphatic heterocycles. The molecule has 5 aliphatic rings. The number of aliphatic hydroxyl groups excluding tert-OH is 1. The maximum atomic E-state index is 12.6. The molecule has 4 heteroatoms. The van der Waals surface area contributed by atoms with Crippen LogP contribution in [0.1, 0.15) is 65.2 Å². The van der Waals surface area contributed by atoms with Gasteiger partial charge in [0.2, 0.25) is 0 Å². The normalized spacial score (nSPS) is 61.8. The Bertz CT molecular complexity index is 600. The third kappa shape index (κ3) is 1.65. The molecule has 24 heavy (non-hydrogen) atoms. The Morgan fingerprint density at radius 1 is 1.08 bits per heavy atom. The molecular formula is C20H30O4. The summed E-state index contributed by atoms with van der Waals surface area (Å²) in [5.41, 5.74) is -0.926. The van der Waals surface area contributed by atoms with Crippen molar-refractivity contribution in [1.29, 1.82) is 0 Å². The van der Waals surface area contributed by atoms with Crippen LogP contribution in [0.4, 0.5) is 0 Å². The number of hydrogen-bond acceptors (Lipinski definition) is 4. The Balaban J connectivity index is 1.61. The molecular weight excluding hydrogens is 304 g/mol. The molecule has 0 aromatic rings. The van der Waals surface area contributed by atoms with Crippen molar-refractivity contribution in [3.05, 3.63) is 0 Å². The topological polar surface area (TPSA) is 66.8 Å². The number of hydrogen-bond donors (Lipinski definition) is 2. The molecule has 1 heterocycles. The van der Waals surface area contributed by atoms with Crippen molar-refractivity contribution in [3.63, 3.8) is 0 Å². The van der Waals surface area contributed by atoms with Crippen LogP contribution in [0.2, 0.25) is 0 Å². The highest BCUT2D eigenvalue weighted by Crippen LogP contribution is 2.74. The van der Waals surface area contributed by atoms with Crippen LogP contribution < -0.4 is 0 Å². The van der Waals surface area contributed by atoms with Gasteiger partial charge >= 0.3 is 5.97 Å². The second-order valence-corrected chi connectivity index (χ2v) is 10.3. The molecule has 8 atom stereocenters. The Morgan fingerprint density at radius 3 is 2.67 bits per heavy atom. The van der Waals surface area contributed by atoms with E-state index in [0.29, 0.717) is 30.8 Å². The number of esters is 1. The first-order valence-electron chi connectivity index (χ1n) is 9.80. The smallest absolute Gasteiger partial charge is 0.312 e. The van der Waals surface area contributed by atoms with E-state index in [1.807, 2.05) is 13.8 Å². The highest BCUT2D eigenvalue weighted by molar-refractivity contribution is 5.78. The van der Waals surface area contributed by atoms with E-state index in [-0.39, 0.29) is 16.8 Å². The third-order valence-corrected chi connectivity index (χ3v) is 9.09. The third-order valence-electron chi connectivity index (χ3n) is 9.09. The fraction of sp³-hybridized carbons (Fsp3) is 0.950. The quantitative estimate of drug-likeness (QED) is 0.668. The highest BCUT2D eigenvalue weighted by atomic mass is 16.5. The Kier molecular flexibility index (Phi) is 2.85. The van der Waals surface area contributed by atoms with E-state index in [1.54, 1.807) is 0 Å². The molecule has 0 aromatic carbocycles. The largest absolute Gasteiger partial charge is 0.465 e. The molecule has 0 aromatic heterocycles. The van der Waals surface area contributed by atoms with Gasteiger partial charge in [-0.1, -0.05) is 0 Å². The predicted octanol–water partition coefficient (Wildman–Crippen LogP) is 2.66. The fourth-order valence-corrected chi connectivity index (χ4v) is 8.45. The summed E-state index contributed by atoms with van der Waals surface area (Å²) in [5, 5.41) is 21.6. The summed E-state index contributed by atoms with van der Waals surface area (Å²) in [4.78, 5) is 12.6. The van der Waals surface area contributed by atoms with Crippen molar-refractivity contribution < 1.29 is 19.7 Å². The summed E-state index contributed by atoms with van der Waals surface area (Å²) in [6.07, 6.45) is 7.34. The van der Waals surface area contributed by atoms with Crippen LogP contribution in [0.3, 0.4) is 0 Å². The summed E-state index contributed by atoms with van der Waals surface area (Å²) in [5.74, 6) is 1.15. The van der Waals surface area contributed by atoms with E-state index >= 15 is 0 Å². The van der Waals surface area contributed by atoms with E-state index in [0.717, 1.165) is 44.9 Å². The summed E-state index contributed by atoms with van der Waals surface area (Å²) >= 11 is 0. The summed E-state index contributed by atoms with van der Waals surface area (Å²) < 4.78 is 5.75. The number of cyclic esters (lactones) is 1. The first-order chi connectivity index (χ1) is 11.2. The van der Waals surface area contributed by atoms with Gasteiger partial charge in [0.15, 0.2) is 0 Å². The van der Waals surface area contributed by atoms with Gasteiger partial charge in [0, 0.05) is 5.41 Å². The van der Waals surface area contributed by atoms with Crippen LogP contribution >= 0.6 is 0 Å². The zero-order valence-electron chi connectivity index (χ0n) is 14.9. The molecule has 5 rings (SSSR count). The molecule has 4 saturated carbocycles. The lowest BCUT2D eigenvalue weighted by molar-refractivity contribution is -0.246. The SMILES string of the molecule is C[C@@]1(O)C[C@@]23CC[C@H]4[C@]5(COC(=O)[C@@]4(C)C[C@H](O)C5)[C@@H]2CC[C@@H]1C3. The molecule has 5 fully saturated rings.